The van der Waals surface area contributed by atoms with Gasteiger partial charge in [-0.2, -0.15) is 0 Å². The highest BCUT2D eigenvalue weighted by Gasteiger charge is 2.39. The van der Waals surface area contributed by atoms with Crippen molar-refractivity contribution in [2.45, 2.75) is 24.8 Å². The van der Waals surface area contributed by atoms with Crippen molar-refractivity contribution in [2.75, 3.05) is 7.11 Å². The molecule has 1 aromatic rings. The van der Waals surface area contributed by atoms with Crippen LogP contribution in [0.4, 0.5) is 8.78 Å². The second-order valence-corrected chi connectivity index (χ2v) is 4.60. The first-order chi connectivity index (χ1) is 7.47. The zero-order valence-corrected chi connectivity index (χ0v) is 9.57. The predicted molar refractivity (Wildman–Crippen MR) is 57.8 cm³/mol. The van der Waals surface area contributed by atoms with E-state index in [1.807, 2.05) is 0 Å². The first kappa shape index (κ1) is 11.6. The first-order valence-electron chi connectivity index (χ1n) is 4.96. The molecule has 1 aliphatic carbocycles. The highest BCUT2D eigenvalue weighted by Crippen LogP contribution is 2.40. The lowest BCUT2D eigenvalue weighted by Crippen LogP contribution is -2.25. The molecule has 16 heavy (non-hydrogen) atoms. The number of rotatable bonds is 3. The third-order valence-corrected chi connectivity index (χ3v) is 3.18. The molecule has 0 heterocycles. The Bertz CT molecular complexity index is 432. The van der Waals surface area contributed by atoms with Crippen molar-refractivity contribution >= 4 is 11.6 Å². The molecule has 0 atom stereocenters. The maximum absolute atomic E-state index is 13.6. The molecule has 1 saturated carbocycles. The maximum atomic E-state index is 13.6. The summed E-state index contributed by atoms with van der Waals surface area (Å²) in [6, 6.07) is 1.19. The van der Waals surface area contributed by atoms with Gasteiger partial charge in [-0.3, -0.25) is 0 Å². The van der Waals surface area contributed by atoms with Crippen LogP contribution < -0.4 is 10.5 Å². The summed E-state index contributed by atoms with van der Waals surface area (Å²) >= 11 is 5.46. The van der Waals surface area contributed by atoms with Gasteiger partial charge in [0, 0.05) is 11.1 Å². The standard InChI is InChI=1S/C11H12ClF2NO/c1-16-10-6(5-11(15)2-3-11)4-7(13)8(12)9(10)14/h4H,2-3,5,15H2,1H3. The van der Waals surface area contributed by atoms with Gasteiger partial charge in [0.2, 0.25) is 0 Å². The topological polar surface area (TPSA) is 35.2 Å². The SMILES string of the molecule is COc1c(CC2(N)CC2)cc(F)c(Cl)c1F. The number of halogens is 3. The van der Waals surface area contributed by atoms with Gasteiger partial charge in [0.05, 0.1) is 7.11 Å². The van der Waals surface area contributed by atoms with Crippen LogP contribution in [0.1, 0.15) is 18.4 Å². The zero-order chi connectivity index (χ0) is 11.9. The van der Waals surface area contributed by atoms with Crippen LogP contribution in [-0.4, -0.2) is 12.6 Å². The van der Waals surface area contributed by atoms with Gasteiger partial charge in [-0.25, -0.2) is 8.78 Å². The van der Waals surface area contributed by atoms with Crippen LogP contribution in [0.5, 0.6) is 5.75 Å². The second kappa shape index (κ2) is 3.86. The fourth-order valence-electron chi connectivity index (χ4n) is 1.70. The Morgan fingerprint density at radius 1 is 1.50 bits per heavy atom. The minimum atomic E-state index is -0.858. The van der Waals surface area contributed by atoms with Crippen LogP contribution in [0.15, 0.2) is 6.07 Å². The van der Waals surface area contributed by atoms with Crippen LogP contribution in [-0.2, 0) is 6.42 Å². The number of benzene rings is 1. The largest absolute Gasteiger partial charge is 0.493 e. The number of ether oxygens (including phenoxy) is 1. The molecule has 0 radical (unpaired) electrons. The average Bonchev–Trinajstić information content (AvgIpc) is 2.93. The Kier molecular flexibility index (Phi) is 2.80. The predicted octanol–water partition coefficient (Wildman–Crippen LogP) is 2.66. The molecule has 0 aliphatic heterocycles. The van der Waals surface area contributed by atoms with Crippen molar-refractivity contribution in [3.63, 3.8) is 0 Å². The molecule has 0 saturated heterocycles. The third-order valence-electron chi connectivity index (χ3n) is 2.83. The van der Waals surface area contributed by atoms with E-state index in [0.717, 1.165) is 12.8 Å². The quantitative estimate of drug-likeness (QED) is 0.834. The van der Waals surface area contributed by atoms with Crippen molar-refractivity contribution < 1.29 is 13.5 Å². The Balaban J connectivity index is 2.43. The summed E-state index contributed by atoms with van der Waals surface area (Å²) in [7, 11) is 1.33. The van der Waals surface area contributed by atoms with Crippen LogP contribution in [0.25, 0.3) is 0 Å². The second-order valence-electron chi connectivity index (χ2n) is 4.22. The lowest BCUT2D eigenvalue weighted by molar-refractivity contribution is 0.377. The van der Waals surface area contributed by atoms with E-state index in [0.29, 0.717) is 12.0 Å². The van der Waals surface area contributed by atoms with Gasteiger partial charge >= 0.3 is 0 Å². The highest BCUT2D eigenvalue weighted by molar-refractivity contribution is 6.31. The third kappa shape index (κ3) is 1.99. The highest BCUT2D eigenvalue weighted by atomic mass is 35.5. The van der Waals surface area contributed by atoms with Crippen molar-refractivity contribution in [1.82, 2.24) is 0 Å². The number of hydrogen-bond acceptors (Lipinski definition) is 2. The number of hydrogen-bond donors (Lipinski definition) is 1. The van der Waals surface area contributed by atoms with Gasteiger partial charge in [-0.15, -0.1) is 0 Å². The van der Waals surface area contributed by atoms with E-state index >= 15 is 0 Å². The van der Waals surface area contributed by atoms with Crippen molar-refractivity contribution in [3.05, 3.63) is 28.3 Å². The fraction of sp³-hybridized carbons (Fsp3) is 0.455. The van der Waals surface area contributed by atoms with Crippen LogP contribution in [0.3, 0.4) is 0 Å². The van der Waals surface area contributed by atoms with Crippen molar-refractivity contribution in [1.29, 1.82) is 0 Å². The van der Waals surface area contributed by atoms with Gasteiger partial charge in [-0.1, -0.05) is 11.6 Å². The van der Waals surface area contributed by atoms with E-state index in [9.17, 15) is 8.78 Å². The molecule has 2 nitrogen and oxygen atoms in total. The Morgan fingerprint density at radius 2 is 2.12 bits per heavy atom. The molecular formula is C11H12ClF2NO. The van der Waals surface area contributed by atoms with Gasteiger partial charge < -0.3 is 10.5 Å². The van der Waals surface area contributed by atoms with Gasteiger partial charge in [0.1, 0.15) is 10.8 Å². The average molecular weight is 248 g/mol. The van der Waals surface area contributed by atoms with Crippen molar-refractivity contribution in [2.24, 2.45) is 5.73 Å². The summed E-state index contributed by atoms with van der Waals surface area (Å²) in [6.07, 6.45) is 2.13. The summed E-state index contributed by atoms with van der Waals surface area (Å²) in [6.45, 7) is 0. The normalized spacial score (nSPS) is 17.3. The lowest BCUT2D eigenvalue weighted by atomic mass is 10.0. The molecular weight excluding hydrogens is 236 g/mol. The summed E-state index contributed by atoms with van der Waals surface area (Å²) in [5, 5.41) is -0.539. The Labute approximate surface area is 97.3 Å². The molecule has 0 unspecified atom stereocenters. The van der Waals surface area contributed by atoms with Crippen molar-refractivity contribution in [3.8, 4) is 5.75 Å². The molecule has 0 aromatic heterocycles. The molecule has 0 spiro atoms. The van der Waals surface area contributed by atoms with Gasteiger partial charge in [0.25, 0.3) is 0 Å². The van der Waals surface area contributed by atoms with E-state index in [-0.39, 0.29) is 11.3 Å². The lowest BCUT2D eigenvalue weighted by Gasteiger charge is -2.14. The maximum Gasteiger partial charge on any atom is 0.186 e. The van der Waals surface area contributed by atoms with E-state index in [2.05, 4.69) is 0 Å². The smallest absolute Gasteiger partial charge is 0.186 e. The summed E-state index contributed by atoms with van der Waals surface area (Å²) in [5.74, 6) is -1.65. The molecule has 88 valence electrons. The molecule has 1 aromatic carbocycles. The van der Waals surface area contributed by atoms with E-state index in [1.54, 1.807) is 0 Å². The molecule has 5 heteroatoms. The van der Waals surface area contributed by atoms with Crippen LogP contribution in [0, 0.1) is 11.6 Å². The molecule has 0 amide bonds. The molecule has 2 rings (SSSR count). The van der Waals surface area contributed by atoms with E-state index in [4.69, 9.17) is 22.1 Å². The molecule has 2 N–H and O–H groups in total. The number of nitrogens with two attached hydrogens (primary N) is 1. The molecule has 0 bridgehead atoms. The zero-order valence-electron chi connectivity index (χ0n) is 8.82. The van der Waals surface area contributed by atoms with Gasteiger partial charge in [-0.05, 0) is 25.3 Å². The monoisotopic (exact) mass is 247 g/mol. The van der Waals surface area contributed by atoms with E-state index in [1.165, 1.54) is 13.2 Å². The summed E-state index contributed by atoms with van der Waals surface area (Å²) < 4.78 is 31.8. The first-order valence-corrected chi connectivity index (χ1v) is 5.34. The van der Waals surface area contributed by atoms with Gasteiger partial charge in [0.15, 0.2) is 11.6 Å². The Hall–Kier alpha value is -0.870. The Morgan fingerprint density at radius 3 is 2.62 bits per heavy atom. The fourth-order valence-corrected chi connectivity index (χ4v) is 1.84. The summed E-state index contributed by atoms with van der Waals surface area (Å²) in [4.78, 5) is 0. The van der Waals surface area contributed by atoms with Crippen LogP contribution in [0.2, 0.25) is 5.02 Å². The minimum Gasteiger partial charge on any atom is -0.493 e. The molecule has 1 aliphatic rings. The molecule has 1 fully saturated rings. The van der Waals surface area contributed by atoms with E-state index < -0.39 is 16.7 Å². The number of methoxy groups -OCH3 is 1. The minimum absolute atomic E-state index is 0.0110. The van der Waals surface area contributed by atoms with Crippen LogP contribution >= 0.6 is 11.6 Å². The summed E-state index contributed by atoms with van der Waals surface area (Å²) in [5.41, 5.74) is 6.01.